The molecule has 0 saturated carbocycles. The quantitative estimate of drug-likeness (QED) is 0.310. The lowest BCUT2D eigenvalue weighted by Crippen LogP contribution is -2.41. The number of fused-ring (bicyclic) bond motifs is 1. The van der Waals surface area contributed by atoms with Crippen molar-refractivity contribution in [3.8, 4) is 10.4 Å². The number of thiophene rings is 1. The number of aryl methyl sites for hydroxylation is 1. The summed E-state index contributed by atoms with van der Waals surface area (Å²) in [5.74, 6) is -0.0673. The number of hydrogen-bond acceptors (Lipinski definition) is 8. The van der Waals surface area contributed by atoms with Gasteiger partial charge in [0.15, 0.2) is 0 Å². The number of ether oxygens (including phenoxy) is 1. The summed E-state index contributed by atoms with van der Waals surface area (Å²) in [6, 6.07) is 18.4. The first-order valence-electron chi connectivity index (χ1n) is 11.2. The van der Waals surface area contributed by atoms with E-state index in [2.05, 4.69) is 20.9 Å². The number of nitrogens with zero attached hydrogens (tertiary/aromatic N) is 3. The van der Waals surface area contributed by atoms with Crippen LogP contribution in [0.5, 0.6) is 0 Å². The Morgan fingerprint density at radius 1 is 1.14 bits per heavy atom. The van der Waals surface area contributed by atoms with Gasteiger partial charge in [-0.15, -0.1) is 21.5 Å². The van der Waals surface area contributed by atoms with Gasteiger partial charge >= 0.3 is 5.97 Å². The molecule has 8 nitrogen and oxygen atoms in total. The Bertz CT molecular complexity index is 1410. The molecule has 1 amide bonds. The molecule has 2 aromatic carbocycles. The van der Waals surface area contributed by atoms with E-state index < -0.39 is 17.3 Å². The third-order valence-corrected chi connectivity index (χ3v) is 8.18. The fourth-order valence-electron chi connectivity index (χ4n) is 3.85. The molecular formula is C25H22ClN5O3S2. The topological polar surface area (TPSA) is 98.1 Å². The summed E-state index contributed by atoms with van der Waals surface area (Å²) >= 11 is 8.74. The average Bonchev–Trinajstić information content (AvgIpc) is 3.48. The number of hydrogen-bond donors (Lipinski definition) is 2. The van der Waals surface area contributed by atoms with Crippen LogP contribution in [0.2, 0.25) is 5.02 Å². The lowest BCUT2D eigenvalue weighted by molar-refractivity contribution is -0.116. The van der Waals surface area contributed by atoms with E-state index in [1.54, 1.807) is 29.8 Å². The predicted molar refractivity (Wildman–Crippen MR) is 142 cm³/mol. The molecule has 2 aromatic heterocycles. The number of esters is 1. The Hall–Kier alpha value is -3.34. The summed E-state index contributed by atoms with van der Waals surface area (Å²) in [6.07, 6.45) is 0. The highest BCUT2D eigenvalue weighted by atomic mass is 35.5. The normalized spacial score (nSPS) is 16.6. The second kappa shape index (κ2) is 10.3. The highest BCUT2D eigenvalue weighted by Gasteiger charge is 2.38. The fraction of sp³-hybridized carbons (Fsp3) is 0.200. The first-order valence-corrected chi connectivity index (χ1v) is 13.3. The minimum absolute atomic E-state index is 0.235. The van der Waals surface area contributed by atoms with E-state index in [9.17, 15) is 9.59 Å². The van der Waals surface area contributed by atoms with Crippen molar-refractivity contribution in [2.75, 3.05) is 17.3 Å². The summed E-state index contributed by atoms with van der Waals surface area (Å²) in [4.78, 5) is 27.3. The summed E-state index contributed by atoms with van der Waals surface area (Å²) < 4.78 is 7.03. The maximum Gasteiger partial charge on any atom is 0.341 e. The average molecular weight is 540 g/mol. The van der Waals surface area contributed by atoms with E-state index in [0.29, 0.717) is 26.6 Å². The van der Waals surface area contributed by atoms with Crippen LogP contribution in [0.4, 0.5) is 5.00 Å². The van der Waals surface area contributed by atoms with Crippen LogP contribution in [0, 0.1) is 6.92 Å². The summed E-state index contributed by atoms with van der Waals surface area (Å²) in [5, 5.41) is 12.3. The molecule has 0 bridgehead atoms. The molecule has 0 spiro atoms. The van der Waals surface area contributed by atoms with Gasteiger partial charge in [0.2, 0.25) is 11.1 Å². The van der Waals surface area contributed by atoms with Crippen molar-refractivity contribution in [2.24, 2.45) is 0 Å². The summed E-state index contributed by atoms with van der Waals surface area (Å²) in [6.45, 7) is 3.82. The van der Waals surface area contributed by atoms with E-state index in [4.69, 9.17) is 16.3 Å². The smallest absolute Gasteiger partial charge is 0.341 e. The molecular weight excluding hydrogens is 518 g/mol. The first kappa shape index (κ1) is 24.4. The maximum atomic E-state index is 13.7. The van der Waals surface area contributed by atoms with Crippen molar-refractivity contribution < 1.29 is 14.3 Å². The van der Waals surface area contributed by atoms with Crippen LogP contribution < -0.4 is 10.7 Å². The van der Waals surface area contributed by atoms with E-state index >= 15 is 0 Å². The molecule has 0 aliphatic carbocycles. The van der Waals surface area contributed by atoms with Gasteiger partial charge in [-0.05, 0) is 43.2 Å². The molecule has 0 radical (unpaired) electrons. The van der Waals surface area contributed by atoms with Gasteiger partial charge in [0.05, 0.1) is 18.2 Å². The Labute approximate surface area is 221 Å². The number of benzene rings is 2. The van der Waals surface area contributed by atoms with Crippen LogP contribution in [-0.2, 0) is 9.53 Å². The number of thioether (sulfide) groups is 1. The number of amides is 1. The molecule has 5 rings (SSSR count). The number of anilines is 1. The van der Waals surface area contributed by atoms with Crippen LogP contribution in [0.25, 0.3) is 10.4 Å². The van der Waals surface area contributed by atoms with Crippen molar-refractivity contribution in [1.29, 1.82) is 0 Å². The van der Waals surface area contributed by atoms with E-state index in [1.165, 1.54) is 23.1 Å². The zero-order chi connectivity index (χ0) is 25.2. The minimum atomic E-state index is -0.598. The van der Waals surface area contributed by atoms with Crippen LogP contribution in [0.3, 0.4) is 0 Å². The fourth-order valence-corrected chi connectivity index (χ4v) is 6.16. The van der Waals surface area contributed by atoms with Gasteiger partial charge in [0, 0.05) is 9.90 Å². The molecule has 1 aliphatic heterocycles. The number of rotatable bonds is 6. The summed E-state index contributed by atoms with van der Waals surface area (Å²) in [5.41, 5.74) is 5.52. The molecule has 36 heavy (non-hydrogen) atoms. The van der Waals surface area contributed by atoms with Gasteiger partial charge in [-0.1, -0.05) is 65.8 Å². The van der Waals surface area contributed by atoms with Gasteiger partial charge in [-0.3, -0.25) is 4.79 Å². The Morgan fingerprint density at radius 2 is 1.89 bits per heavy atom. The van der Waals surface area contributed by atoms with Crippen molar-refractivity contribution in [3.63, 3.8) is 0 Å². The Kier molecular flexibility index (Phi) is 6.99. The standard InChI is InChI=1S/C25H22ClN5O3S2/c1-3-34-24(33)18-13-19(15-7-5-4-6-8-15)35-23(18)27-22(32)21-20(16-9-11-17(26)12-10-16)30-31-14(2)28-29-25(31)36-21/h4-13,20-21,30H,3H2,1-2H3,(H,27,32)/t20-,21+/m1/s1. The molecule has 4 aromatic rings. The Morgan fingerprint density at radius 3 is 2.61 bits per heavy atom. The van der Waals surface area contributed by atoms with E-state index in [0.717, 1.165) is 16.0 Å². The minimum Gasteiger partial charge on any atom is -0.462 e. The lowest BCUT2D eigenvalue weighted by atomic mass is 10.0. The van der Waals surface area contributed by atoms with Gasteiger partial charge in [0.25, 0.3) is 0 Å². The molecule has 2 atom stereocenters. The molecule has 11 heteroatoms. The number of nitrogens with one attached hydrogen (secondary N) is 2. The van der Waals surface area contributed by atoms with E-state index in [1.807, 2.05) is 49.4 Å². The number of carbonyl (C=O) groups excluding carboxylic acids is 2. The van der Waals surface area contributed by atoms with Crippen molar-refractivity contribution in [2.45, 2.75) is 30.3 Å². The highest BCUT2D eigenvalue weighted by molar-refractivity contribution is 8.00. The third kappa shape index (κ3) is 4.84. The van der Waals surface area contributed by atoms with Gasteiger partial charge in [0.1, 0.15) is 16.1 Å². The molecule has 184 valence electrons. The molecule has 2 N–H and O–H groups in total. The lowest BCUT2D eigenvalue weighted by Gasteiger charge is -2.32. The monoisotopic (exact) mass is 539 g/mol. The highest BCUT2D eigenvalue weighted by Crippen LogP contribution is 2.40. The second-order valence-corrected chi connectivity index (χ2v) is 10.6. The van der Waals surface area contributed by atoms with E-state index in [-0.39, 0.29) is 12.5 Å². The number of aromatic nitrogens is 3. The van der Waals surface area contributed by atoms with Crippen LogP contribution in [-0.4, -0.2) is 38.6 Å². The van der Waals surface area contributed by atoms with Gasteiger partial charge in [-0.25, -0.2) is 9.47 Å². The predicted octanol–water partition coefficient (Wildman–Crippen LogP) is 5.54. The summed E-state index contributed by atoms with van der Waals surface area (Å²) in [7, 11) is 0. The van der Waals surface area contributed by atoms with Crippen molar-refractivity contribution in [1.82, 2.24) is 14.9 Å². The van der Waals surface area contributed by atoms with Crippen LogP contribution in [0.15, 0.2) is 65.8 Å². The molecule has 0 unspecified atom stereocenters. The van der Waals surface area contributed by atoms with Crippen molar-refractivity contribution in [3.05, 3.63) is 82.6 Å². The molecule has 1 aliphatic rings. The van der Waals surface area contributed by atoms with Crippen LogP contribution >= 0.6 is 34.7 Å². The zero-order valence-corrected chi connectivity index (χ0v) is 21.8. The number of halogens is 1. The molecule has 3 heterocycles. The Balaban J connectivity index is 1.49. The maximum absolute atomic E-state index is 13.7. The molecule has 0 saturated heterocycles. The largest absolute Gasteiger partial charge is 0.462 e. The zero-order valence-electron chi connectivity index (χ0n) is 19.4. The third-order valence-electron chi connectivity index (χ3n) is 5.61. The number of carbonyl (C=O) groups is 2. The van der Waals surface area contributed by atoms with Crippen molar-refractivity contribution >= 4 is 51.6 Å². The first-order chi connectivity index (χ1) is 17.4. The van der Waals surface area contributed by atoms with Gasteiger partial charge < -0.3 is 15.5 Å². The SMILES string of the molecule is CCOC(=O)c1cc(-c2ccccc2)sc1NC(=O)[C@H]1Sc2nnc(C)n2N[C@@H]1c1ccc(Cl)cc1. The van der Waals surface area contributed by atoms with Crippen LogP contribution in [0.1, 0.15) is 34.7 Å². The van der Waals surface area contributed by atoms with Gasteiger partial charge in [-0.2, -0.15) is 0 Å². The molecule has 0 fully saturated rings. The second-order valence-electron chi connectivity index (χ2n) is 7.99.